The van der Waals surface area contributed by atoms with Gasteiger partial charge in [0.2, 0.25) is 5.91 Å². The van der Waals surface area contributed by atoms with Crippen LogP contribution in [0.15, 0.2) is 0 Å². The summed E-state index contributed by atoms with van der Waals surface area (Å²) in [5, 5.41) is 13.9. The van der Waals surface area contributed by atoms with Crippen LogP contribution in [0.5, 0.6) is 0 Å². The van der Waals surface area contributed by atoms with Crippen LogP contribution in [-0.2, 0) is 9.59 Å². The first-order valence-corrected chi connectivity index (χ1v) is 5.10. The fraction of sp³-hybridized carbons (Fsp3) is 0.667. The Labute approximate surface area is 92.8 Å². The van der Waals surface area contributed by atoms with E-state index < -0.39 is 18.0 Å². The number of piperazine rings is 1. The lowest BCUT2D eigenvalue weighted by atomic mass is 10.2. The number of hydrogen-bond donors (Lipinski definition) is 3. The quantitative estimate of drug-likeness (QED) is 0.577. The minimum Gasteiger partial charge on any atom is -0.480 e. The first-order chi connectivity index (χ1) is 7.56. The third-order valence-corrected chi connectivity index (χ3v) is 2.25. The minimum absolute atomic E-state index is 0.0479. The summed E-state index contributed by atoms with van der Waals surface area (Å²) in [4.78, 5) is 34.6. The summed E-state index contributed by atoms with van der Waals surface area (Å²) in [5.41, 5.74) is 0. The van der Waals surface area contributed by atoms with E-state index in [2.05, 4.69) is 10.6 Å². The second-order valence-corrected chi connectivity index (χ2v) is 3.52. The van der Waals surface area contributed by atoms with E-state index in [1.54, 1.807) is 0 Å². The molecular weight excluding hydrogens is 214 g/mol. The summed E-state index contributed by atoms with van der Waals surface area (Å²) in [6.45, 7) is 2.08. The molecule has 0 radical (unpaired) electrons. The zero-order valence-corrected chi connectivity index (χ0v) is 9.02. The van der Waals surface area contributed by atoms with Crippen LogP contribution < -0.4 is 10.6 Å². The number of rotatable bonds is 3. The third-order valence-electron chi connectivity index (χ3n) is 2.25. The molecule has 0 bridgehead atoms. The van der Waals surface area contributed by atoms with Crippen molar-refractivity contribution in [3.63, 3.8) is 0 Å². The Morgan fingerprint density at radius 1 is 1.62 bits per heavy atom. The van der Waals surface area contributed by atoms with Gasteiger partial charge in [0.1, 0.15) is 12.6 Å². The number of carbonyl (C=O) groups excluding carboxylic acids is 2. The zero-order chi connectivity index (χ0) is 12.1. The molecule has 1 aliphatic heterocycles. The van der Waals surface area contributed by atoms with E-state index in [1.165, 1.54) is 0 Å². The summed E-state index contributed by atoms with van der Waals surface area (Å²) in [7, 11) is 0. The monoisotopic (exact) mass is 229 g/mol. The summed E-state index contributed by atoms with van der Waals surface area (Å²) in [6.07, 6.45) is 0.753. The van der Waals surface area contributed by atoms with Crippen molar-refractivity contribution in [1.82, 2.24) is 15.5 Å². The Hall–Kier alpha value is -1.79. The highest BCUT2D eigenvalue weighted by Gasteiger charge is 2.34. The maximum absolute atomic E-state index is 11.6. The summed E-state index contributed by atoms with van der Waals surface area (Å²) < 4.78 is 0. The fourth-order valence-corrected chi connectivity index (χ4v) is 1.41. The maximum atomic E-state index is 11.6. The molecule has 1 atom stereocenters. The average molecular weight is 229 g/mol. The van der Waals surface area contributed by atoms with E-state index in [0.717, 1.165) is 11.3 Å². The lowest BCUT2D eigenvalue weighted by Crippen LogP contribution is -2.61. The lowest BCUT2D eigenvalue weighted by molar-refractivity contribution is -0.144. The maximum Gasteiger partial charge on any atom is 0.328 e. The number of hydrogen-bond acceptors (Lipinski definition) is 3. The molecule has 0 spiro atoms. The van der Waals surface area contributed by atoms with E-state index in [-0.39, 0.29) is 19.0 Å². The van der Waals surface area contributed by atoms with Crippen molar-refractivity contribution in [3.8, 4) is 0 Å². The highest BCUT2D eigenvalue weighted by molar-refractivity contribution is 5.90. The molecular formula is C9H15N3O4. The minimum atomic E-state index is -1.12. The van der Waals surface area contributed by atoms with Crippen molar-refractivity contribution in [2.24, 2.45) is 0 Å². The predicted octanol–water partition coefficient (Wildman–Crippen LogP) is -1.01. The number of carboxylic acid groups (broad SMARTS) is 1. The summed E-state index contributed by atoms with van der Waals surface area (Å²) >= 11 is 0. The number of amides is 3. The molecule has 90 valence electrons. The number of carboxylic acids is 1. The van der Waals surface area contributed by atoms with Gasteiger partial charge in [0, 0.05) is 13.1 Å². The highest BCUT2D eigenvalue weighted by atomic mass is 16.4. The average Bonchev–Trinajstić information content (AvgIpc) is 2.25. The van der Waals surface area contributed by atoms with E-state index in [9.17, 15) is 14.4 Å². The van der Waals surface area contributed by atoms with E-state index in [1.807, 2.05) is 6.92 Å². The number of aliphatic carboxylic acids is 1. The molecule has 1 rings (SSSR count). The molecule has 1 aliphatic rings. The first kappa shape index (κ1) is 12.3. The summed E-state index contributed by atoms with van der Waals surface area (Å²) in [6, 6.07) is -1.50. The van der Waals surface area contributed by atoms with E-state index >= 15 is 0 Å². The summed E-state index contributed by atoms with van der Waals surface area (Å²) in [5.74, 6) is -1.46. The standard InChI is InChI=1S/C9H15N3O4/c1-2-3-10-9(16)12-5-7(13)11-4-6(12)8(14)15/h6H,2-5H2,1H3,(H,10,16)(H,11,13)(H,14,15). The first-order valence-electron chi connectivity index (χ1n) is 5.10. The molecule has 16 heavy (non-hydrogen) atoms. The SMILES string of the molecule is CCCNC(=O)N1CC(=O)NCC1C(=O)O. The van der Waals surface area contributed by atoms with Crippen LogP contribution in [0, 0.1) is 0 Å². The fourth-order valence-electron chi connectivity index (χ4n) is 1.41. The Kier molecular flexibility index (Phi) is 4.10. The van der Waals surface area contributed by atoms with Gasteiger partial charge in [0.25, 0.3) is 0 Å². The molecule has 7 nitrogen and oxygen atoms in total. The molecule has 0 aromatic rings. The van der Waals surface area contributed by atoms with Crippen LogP contribution in [0.3, 0.4) is 0 Å². The molecule has 1 heterocycles. The van der Waals surface area contributed by atoms with Gasteiger partial charge in [-0.25, -0.2) is 9.59 Å². The molecule has 0 aromatic carbocycles. The van der Waals surface area contributed by atoms with Crippen LogP contribution in [0.4, 0.5) is 4.79 Å². The van der Waals surface area contributed by atoms with Crippen LogP contribution in [0.25, 0.3) is 0 Å². The van der Waals surface area contributed by atoms with Crippen LogP contribution in [0.2, 0.25) is 0 Å². The number of nitrogens with zero attached hydrogens (tertiary/aromatic N) is 1. The Balaban J connectivity index is 2.67. The van der Waals surface area contributed by atoms with Crippen molar-refractivity contribution in [1.29, 1.82) is 0 Å². The van der Waals surface area contributed by atoms with Crippen LogP contribution in [0.1, 0.15) is 13.3 Å². The van der Waals surface area contributed by atoms with E-state index in [4.69, 9.17) is 5.11 Å². The molecule has 0 aliphatic carbocycles. The number of urea groups is 1. The van der Waals surface area contributed by atoms with Crippen LogP contribution in [-0.4, -0.2) is 53.6 Å². The van der Waals surface area contributed by atoms with Gasteiger partial charge in [-0.3, -0.25) is 9.69 Å². The smallest absolute Gasteiger partial charge is 0.328 e. The predicted molar refractivity (Wildman–Crippen MR) is 54.8 cm³/mol. The number of nitrogens with one attached hydrogen (secondary N) is 2. The molecule has 0 saturated carbocycles. The Morgan fingerprint density at radius 3 is 2.88 bits per heavy atom. The second kappa shape index (κ2) is 5.34. The molecule has 3 N–H and O–H groups in total. The topological polar surface area (TPSA) is 98.7 Å². The molecule has 7 heteroatoms. The van der Waals surface area contributed by atoms with Gasteiger partial charge in [-0.2, -0.15) is 0 Å². The molecule has 3 amide bonds. The largest absolute Gasteiger partial charge is 0.480 e. The lowest BCUT2D eigenvalue weighted by Gasteiger charge is -2.32. The zero-order valence-electron chi connectivity index (χ0n) is 9.02. The van der Waals surface area contributed by atoms with Gasteiger partial charge in [-0.05, 0) is 6.42 Å². The highest BCUT2D eigenvalue weighted by Crippen LogP contribution is 2.04. The van der Waals surface area contributed by atoms with Gasteiger partial charge in [-0.15, -0.1) is 0 Å². The molecule has 0 aromatic heterocycles. The van der Waals surface area contributed by atoms with Crippen molar-refractivity contribution in [2.75, 3.05) is 19.6 Å². The molecule has 1 fully saturated rings. The Morgan fingerprint density at radius 2 is 2.31 bits per heavy atom. The van der Waals surface area contributed by atoms with Crippen molar-refractivity contribution in [3.05, 3.63) is 0 Å². The van der Waals surface area contributed by atoms with Gasteiger partial charge in [-0.1, -0.05) is 6.92 Å². The van der Waals surface area contributed by atoms with Gasteiger partial charge >= 0.3 is 12.0 Å². The normalized spacial score (nSPS) is 20.2. The van der Waals surface area contributed by atoms with Gasteiger partial charge in [0.05, 0.1) is 0 Å². The van der Waals surface area contributed by atoms with Crippen molar-refractivity contribution >= 4 is 17.9 Å². The molecule has 1 unspecified atom stereocenters. The number of carbonyl (C=O) groups is 3. The van der Waals surface area contributed by atoms with Gasteiger partial charge < -0.3 is 15.7 Å². The van der Waals surface area contributed by atoms with Crippen molar-refractivity contribution in [2.45, 2.75) is 19.4 Å². The second-order valence-electron chi connectivity index (χ2n) is 3.52. The third kappa shape index (κ3) is 2.85. The Bertz CT molecular complexity index is 305. The molecule has 1 saturated heterocycles. The van der Waals surface area contributed by atoms with Crippen LogP contribution >= 0.6 is 0 Å². The van der Waals surface area contributed by atoms with Crippen molar-refractivity contribution < 1.29 is 19.5 Å². The van der Waals surface area contributed by atoms with E-state index in [0.29, 0.717) is 6.54 Å². The van der Waals surface area contributed by atoms with Gasteiger partial charge in [0.15, 0.2) is 0 Å².